The van der Waals surface area contributed by atoms with E-state index in [1.807, 2.05) is 37.3 Å². The molecule has 2 heterocycles. The number of likely N-dealkylation sites (tertiary alicyclic amines) is 1. The summed E-state index contributed by atoms with van der Waals surface area (Å²) < 4.78 is 0. The summed E-state index contributed by atoms with van der Waals surface area (Å²) in [5.41, 5.74) is -0.414. The summed E-state index contributed by atoms with van der Waals surface area (Å²) in [6.45, 7) is 8.34. The second-order valence-electron chi connectivity index (χ2n) is 6.70. The van der Waals surface area contributed by atoms with Crippen molar-refractivity contribution in [3.8, 4) is 0 Å². The van der Waals surface area contributed by atoms with Crippen molar-refractivity contribution in [1.29, 1.82) is 0 Å². The molecule has 1 N–H and O–H groups in total. The first-order valence-electron chi connectivity index (χ1n) is 7.91. The van der Waals surface area contributed by atoms with Crippen molar-refractivity contribution >= 4 is 22.5 Å². The number of anilines is 1. The van der Waals surface area contributed by atoms with Crippen LogP contribution in [0.3, 0.4) is 0 Å². The maximum atomic E-state index is 12.8. The SMILES string of the molecule is CC(C)CN1CCC1(C)C(=O)Nc1nccc2ccccc12. The van der Waals surface area contributed by atoms with Crippen LogP contribution in [-0.2, 0) is 4.79 Å². The molecule has 1 fully saturated rings. The van der Waals surface area contributed by atoms with E-state index in [9.17, 15) is 4.79 Å². The van der Waals surface area contributed by atoms with E-state index in [0.717, 1.165) is 30.3 Å². The van der Waals surface area contributed by atoms with Gasteiger partial charge in [0.05, 0.1) is 5.54 Å². The first-order chi connectivity index (χ1) is 10.5. The Morgan fingerprint density at radius 3 is 2.82 bits per heavy atom. The summed E-state index contributed by atoms with van der Waals surface area (Å²) in [5, 5.41) is 5.11. The third-order valence-electron chi connectivity index (χ3n) is 4.55. The van der Waals surface area contributed by atoms with Gasteiger partial charge in [-0.2, -0.15) is 0 Å². The quantitative estimate of drug-likeness (QED) is 0.942. The van der Waals surface area contributed by atoms with Crippen molar-refractivity contribution in [3.63, 3.8) is 0 Å². The van der Waals surface area contributed by atoms with Gasteiger partial charge < -0.3 is 5.32 Å². The molecule has 1 atom stereocenters. The normalized spacial score (nSPS) is 21.8. The Bertz CT molecular complexity index is 692. The molecule has 1 aromatic heterocycles. The van der Waals surface area contributed by atoms with Crippen LogP contribution in [0, 0.1) is 5.92 Å². The number of nitrogens with zero attached hydrogens (tertiary/aromatic N) is 2. The standard InChI is InChI=1S/C18H23N3O/c1-13(2)12-21-11-9-18(21,3)17(22)20-16-15-7-5-4-6-14(15)8-10-19-16/h4-8,10,13H,9,11-12H2,1-3H3,(H,19,20,22). The highest BCUT2D eigenvalue weighted by molar-refractivity contribution is 6.04. The maximum absolute atomic E-state index is 12.8. The molecule has 1 unspecified atom stereocenters. The molecular formula is C18H23N3O. The monoisotopic (exact) mass is 297 g/mol. The third-order valence-corrected chi connectivity index (χ3v) is 4.55. The van der Waals surface area contributed by atoms with Gasteiger partial charge in [0.25, 0.3) is 0 Å². The van der Waals surface area contributed by atoms with E-state index in [1.165, 1.54) is 0 Å². The summed E-state index contributed by atoms with van der Waals surface area (Å²) in [6, 6.07) is 9.94. The molecule has 3 rings (SSSR count). The molecule has 1 aliphatic heterocycles. The van der Waals surface area contributed by atoms with Gasteiger partial charge in [-0.25, -0.2) is 4.98 Å². The molecule has 1 aliphatic rings. The van der Waals surface area contributed by atoms with Crippen LogP contribution in [0.2, 0.25) is 0 Å². The number of rotatable bonds is 4. The molecule has 116 valence electrons. The Labute approximate surface area is 131 Å². The van der Waals surface area contributed by atoms with Crippen LogP contribution >= 0.6 is 0 Å². The summed E-state index contributed by atoms with van der Waals surface area (Å²) in [6.07, 6.45) is 2.64. The number of carbonyl (C=O) groups excluding carboxylic acids is 1. The Hall–Kier alpha value is -1.94. The van der Waals surface area contributed by atoms with Crippen LogP contribution in [0.1, 0.15) is 27.2 Å². The molecule has 0 bridgehead atoms. The zero-order valence-electron chi connectivity index (χ0n) is 13.5. The van der Waals surface area contributed by atoms with Crippen molar-refractivity contribution in [3.05, 3.63) is 36.5 Å². The Balaban J connectivity index is 1.81. The van der Waals surface area contributed by atoms with Gasteiger partial charge >= 0.3 is 0 Å². The number of fused-ring (bicyclic) bond motifs is 1. The molecule has 0 radical (unpaired) electrons. The van der Waals surface area contributed by atoms with Gasteiger partial charge in [0, 0.05) is 24.7 Å². The number of amides is 1. The number of hydrogen-bond acceptors (Lipinski definition) is 3. The van der Waals surface area contributed by atoms with E-state index >= 15 is 0 Å². The van der Waals surface area contributed by atoms with Crippen molar-refractivity contribution in [2.24, 2.45) is 5.92 Å². The highest BCUT2D eigenvalue weighted by atomic mass is 16.2. The van der Waals surface area contributed by atoms with E-state index in [0.29, 0.717) is 11.7 Å². The highest BCUT2D eigenvalue weighted by Gasteiger charge is 2.46. The van der Waals surface area contributed by atoms with Crippen molar-refractivity contribution < 1.29 is 4.79 Å². The summed E-state index contributed by atoms with van der Waals surface area (Å²) in [7, 11) is 0. The minimum Gasteiger partial charge on any atom is -0.309 e. The van der Waals surface area contributed by atoms with Crippen LogP contribution in [0.15, 0.2) is 36.5 Å². The molecule has 0 saturated carbocycles. The number of pyridine rings is 1. The molecule has 1 aromatic carbocycles. The number of benzene rings is 1. The molecule has 4 nitrogen and oxygen atoms in total. The number of hydrogen-bond donors (Lipinski definition) is 1. The lowest BCUT2D eigenvalue weighted by molar-refractivity contribution is -0.136. The summed E-state index contributed by atoms with van der Waals surface area (Å²) in [4.78, 5) is 19.4. The van der Waals surface area contributed by atoms with E-state index in [1.54, 1.807) is 6.20 Å². The third kappa shape index (κ3) is 2.59. The molecule has 2 aromatic rings. The first-order valence-corrected chi connectivity index (χ1v) is 7.91. The fraction of sp³-hybridized carbons (Fsp3) is 0.444. The Kier molecular flexibility index (Phi) is 3.87. The van der Waals surface area contributed by atoms with Crippen molar-refractivity contribution in [2.75, 3.05) is 18.4 Å². The molecule has 4 heteroatoms. The fourth-order valence-corrected chi connectivity index (χ4v) is 3.06. The predicted molar refractivity (Wildman–Crippen MR) is 89.8 cm³/mol. The van der Waals surface area contributed by atoms with Crippen molar-refractivity contribution in [2.45, 2.75) is 32.7 Å². The number of aromatic nitrogens is 1. The molecule has 0 aliphatic carbocycles. The minimum atomic E-state index is -0.414. The Morgan fingerprint density at radius 2 is 2.14 bits per heavy atom. The summed E-state index contributed by atoms with van der Waals surface area (Å²) in [5.74, 6) is 1.26. The van der Waals surface area contributed by atoms with Crippen LogP contribution in [0.4, 0.5) is 5.82 Å². The lowest BCUT2D eigenvalue weighted by Crippen LogP contribution is -2.65. The van der Waals surface area contributed by atoms with Crippen LogP contribution in [0.25, 0.3) is 10.8 Å². The van der Waals surface area contributed by atoms with Crippen LogP contribution < -0.4 is 5.32 Å². The summed E-state index contributed by atoms with van der Waals surface area (Å²) >= 11 is 0. The maximum Gasteiger partial charge on any atom is 0.245 e. The van der Waals surface area contributed by atoms with Gasteiger partial charge in [0.1, 0.15) is 5.82 Å². The average Bonchev–Trinajstić information content (AvgIpc) is 2.51. The second kappa shape index (κ2) is 5.69. The van der Waals surface area contributed by atoms with Crippen LogP contribution in [0.5, 0.6) is 0 Å². The molecule has 0 spiro atoms. The van der Waals surface area contributed by atoms with Gasteiger partial charge in [0.2, 0.25) is 5.91 Å². The largest absolute Gasteiger partial charge is 0.309 e. The predicted octanol–water partition coefficient (Wildman–Crippen LogP) is 3.29. The minimum absolute atomic E-state index is 0.0447. The smallest absolute Gasteiger partial charge is 0.245 e. The van der Waals surface area contributed by atoms with E-state index in [2.05, 4.69) is 29.0 Å². The van der Waals surface area contributed by atoms with Crippen LogP contribution in [-0.4, -0.2) is 34.4 Å². The first kappa shape index (κ1) is 15.0. The molecule has 1 saturated heterocycles. The molecular weight excluding hydrogens is 274 g/mol. The lowest BCUT2D eigenvalue weighted by Gasteiger charge is -2.49. The molecule has 22 heavy (non-hydrogen) atoms. The van der Waals surface area contributed by atoms with Gasteiger partial charge in [-0.1, -0.05) is 38.1 Å². The zero-order chi connectivity index (χ0) is 15.7. The van der Waals surface area contributed by atoms with Gasteiger partial charge in [-0.3, -0.25) is 9.69 Å². The van der Waals surface area contributed by atoms with Gasteiger partial charge in [0.15, 0.2) is 0 Å². The highest BCUT2D eigenvalue weighted by Crippen LogP contribution is 2.32. The van der Waals surface area contributed by atoms with E-state index in [-0.39, 0.29) is 5.91 Å². The Morgan fingerprint density at radius 1 is 1.36 bits per heavy atom. The lowest BCUT2D eigenvalue weighted by atomic mass is 9.84. The van der Waals surface area contributed by atoms with E-state index < -0.39 is 5.54 Å². The zero-order valence-corrected chi connectivity index (χ0v) is 13.5. The number of carbonyl (C=O) groups is 1. The topological polar surface area (TPSA) is 45.2 Å². The molecule has 1 amide bonds. The van der Waals surface area contributed by atoms with E-state index in [4.69, 9.17) is 0 Å². The fourth-order valence-electron chi connectivity index (χ4n) is 3.06. The average molecular weight is 297 g/mol. The number of nitrogens with one attached hydrogen (secondary N) is 1. The van der Waals surface area contributed by atoms with Gasteiger partial charge in [-0.05, 0) is 30.7 Å². The van der Waals surface area contributed by atoms with Crippen molar-refractivity contribution in [1.82, 2.24) is 9.88 Å². The second-order valence-corrected chi connectivity index (χ2v) is 6.70. The van der Waals surface area contributed by atoms with Gasteiger partial charge in [-0.15, -0.1) is 0 Å².